The number of nitrogens with one attached hydrogen (secondary N) is 1. The second kappa shape index (κ2) is 8.23. The highest BCUT2D eigenvalue weighted by molar-refractivity contribution is 7.80. The Bertz CT molecular complexity index is 1070. The molecule has 2 aromatic heterocycles. The van der Waals surface area contributed by atoms with E-state index in [-0.39, 0.29) is 17.6 Å². The number of methoxy groups -OCH3 is 2. The van der Waals surface area contributed by atoms with E-state index in [9.17, 15) is 0 Å². The van der Waals surface area contributed by atoms with Gasteiger partial charge in [0.2, 0.25) is 0 Å². The fourth-order valence-electron chi connectivity index (χ4n) is 3.94. The highest BCUT2D eigenvalue weighted by Crippen LogP contribution is 2.45. The highest BCUT2D eigenvalue weighted by atomic mass is 32.1. The number of hydrogen-bond donors (Lipinski definition) is 1. The van der Waals surface area contributed by atoms with E-state index in [1.165, 1.54) is 0 Å². The van der Waals surface area contributed by atoms with Crippen LogP contribution in [0.1, 0.15) is 44.1 Å². The highest BCUT2D eigenvalue weighted by Gasteiger charge is 2.42. The van der Waals surface area contributed by atoms with Gasteiger partial charge in [0.05, 0.1) is 37.7 Å². The van der Waals surface area contributed by atoms with Crippen molar-refractivity contribution in [3.8, 4) is 11.5 Å². The van der Waals surface area contributed by atoms with Crippen LogP contribution in [0.25, 0.3) is 0 Å². The lowest BCUT2D eigenvalue weighted by molar-refractivity contribution is 0.393. The molecule has 1 saturated heterocycles. The van der Waals surface area contributed by atoms with Gasteiger partial charge in [-0.1, -0.05) is 6.07 Å². The summed E-state index contributed by atoms with van der Waals surface area (Å²) in [7, 11) is 3.30. The van der Waals surface area contributed by atoms with Crippen molar-refractivity contribution < 1.29 is 9.47 Å². The minimum Gasteiger partial charge on any atom is -0.497 e. The molecule has 1 fully saturated rings. The molecule has 3 heterocycles. The van der Waals surface area contributed by atoms with E-state index in [4.69, 9.17) is 21.7 Å². The summed E-state index contributed by atoms with van der Waals surface area (Å²) < 4.78 is 13.3. The van der Waals surface area contributed by atoms with Gasteiger partial charge in [-0.3, -0.25) is 4.98 Å². The largest absolute Gasteiger partial charge is 0.497 e. The van der Waals surface area contributed by atoms with E-state index in [0.29, 0.717) is 10.9 Å². The molecule has 0 spiro atoms. The first-order valence-corrected chi connectivity index (χ1v) is 10.7. The summed E-state index contributed by atoms with van der Waals surface area (Å²) in [5.74, 6) is 1.43. The lowest BCUT2D eigenvalue weighted by Gasteiger charge is -2.29. The molecule has 0 bridgehead atoms. The first kappa shape index (κ1) is 21.2. The van der Waals surface area contributed by atoms with Gasteiger partial charge in [-0.15, -0.1) is 0 Å². The van der Waals surface area contributed by atoms with Crippen LogP contribution in [-0.4, -0.2) is 28.9 Å². The van der Waals surface area contributed by atoms with Crippen LogP contribution in [0.15, 0.2) is 61.1 Å². The third-order valence-corrected chi connectivity index (χ3v) is 5.89. The zero-order valence-corrected chi connectivity index (χ0v) is 19.3. The molecule has 3 aromatic rings. The maximum atomic E-state index is 5.82. The average Bonchev–Trinajstić information content (AvgIpc) is 3.38. The van der Waals surface area contributed by atoms with Gasteiger partial charge >= 0.3 is 0 Å². The summed E-state index contributed by atoms with van der Waals surface area (Å²) in [6, 6.07) is 13.7. The molecule has 31 heavy (non-hydrogen) atoms. The molecule has 1 aromatic carbocycles. The molecule has 6 nitrogen and oxygen atoms in total. The maximum Gasteiger partial charge on any atom is 0.174 e. The van der Waals surface area contributed by atoms with Crippen molar-refractivity contribution >= 4 is 23.0 Å². The smallest absolute Gasteiger partial charge is 0.174 e. The number of anilines is 1. The monoisotopic (exact) mass is 436 g/mol. The van der Waals surface area contributed by atoms with E-state index < -0.39 is 0 Å². The quantitative estimate of drug-likeness (QED) is 0.578. The summed E-state index contributed by atoms with van der Waals surface area (Å²) in [5.41, 5.74) is 2.95. The van der Waals surface area contributed by atoms with Crippen LogP contribution in [0.5, 0.6) is 11.5 Å². The molecule has 1 aliphatic heterocycles. The average molecular weight is 437 g/mol. The molecular weight excluding hydrogens is 408 g/mol. The standard InChI is InChI=1S/C24H28N4O2S/c1-24(2,3)27-13-11-16(15-27)22-21(18-8-6-7-12-25-18)26-23(31)28(22)19-10-9-17(29-4)14-20(19)30-5/h6-15,21-22H,1-5H3,(H,26,31)/t21-,22-/m1/s1. The number of ether oxygens (including phenoxy) is 2. The molecule has 0 amide bonds. The van der Waals surface area contributed by atoms with Crippen LogP contribution in [0.3, 0.4) is 0 Å². The first-order valence-electron chi connectivity index (χ1n) is 10.2. The number of pyridine rings is 1. The molecule has 162 valence electrons. The Balaban J connectivity index is 1.85. The van der Waals surface area contributed by atoms with Gasteiger partial charge < -0.3 is 24.3 Å². The van der Waals surface area contributed by atoms with Crippen LogP contribution in [-0.2, 0) is 5.54 Å². The van der Waals surface area contributed by atoms with Crippen LogP contribution >= 0.6 is 12.2 Å². The van der Waals surface area contributed by atoms with Crippen LogP contribution in [0, 0.1) is 0 Å². The van der Waals surface area contributed by atoms with E-state index in [2.05, 4.69) is 59.0 Å². The Hall–Kier alpha value is -3.06. The van der Waals surface area contributed by atoms with Crippen molar-refractivity contribution in [2.75, 3.05) is 19.1 Å². The second-order valence-corrected chi connectivity index (χ2v) is 8.94. The second-order valence-electron chi connectivity index (χ2n) is 8.56. The number of thiocarbonyl (C=S) groups is 1. The molecule has 0 unspecified atom stereocenters. The fraction of sp³-hybridized carbons (Fsp3) is 0.333. The predicted octanol–water partition coefficient (Wildman–Crippen LogP) is 4.83. The molecule has 1 aliphatic rings. The lowest BCUT2D eigenvalue weighted by atomic mass is 9.98. The first-order chi connectivity index (χ1) is 14.8. The van der Waals surface area contributed by atoms with Crippen molar-refractivity contribution in [1.82, 2.24) is 14.9 Å². The van der Waals surface area contributed by atoms with Crippen LogP contribution in [0.4, 0.5) is 5.69 Å². The Morgan fingerprint density at radius 2 is 1.87 bits per heavy atom. The van der Waals surface area contributed by atoms with Gasteiger partial charge in [0.25, 0.3) is 0 Å². The molecule has 7 heteroatoms. The molecule has 4 rings (SSSR count). The van der Waals surface area contributed by atoms with Gasteiger partial charge in [0.1, 0.15) is 11.5 Å². The van der Waals surface area contributed by atoms with E-state index in [1.54, 1.807) is 14.2 Å². The Morgan fingerprint density at radius 3 is 2.48 bits per heavy atom. The Morgan fingerprint density at radius 1 is 1.06 bits per heavy atom. The number of aromatic nitrogens is 2. The van der Waals surface area contributed by atoms with Gasteiger partial charge in [0, 0.05) is 30.2 Å². The number of hydrogen-bond acceptors (Lipinski definition) is 4. The number of rotatable bonds is 5. The van der Waals surface area contributed by atoms with Crippen molar-refractivity contribution in [2.45, 2.75) is 38.4 Å². The molecule has 0 aliphatic carbocycles. The summed E-state index contributed by atoms with van der Waals surface area (Å²) in [4.78, 5) is 6.74. The minimum absolute atomic E-state index is 0.0199. The maximum absolute atomic E-state index is 5.82. The zero-order chi connectivity index (χ0) is 22.2. The van der Waals surface area contributed by atoms with Gasteiger partial charge in [-0.2, -0.15) is 0 Å². The molecule has 0 saturated carbocycles. The molecule has 2 atom stereocenters. The summed E-state index contributed by atoms with van der Waals surface area (Å²) in [5, 5.41) is 4.13. The van der Waals surface area contributed by atoms with Gasteiger partial charge in [0.15, 0.2) is 5.11 Å². The van der Waals surface area contributed by atoms with Crippen molar-refractivity contribution in [3.05, 3.63) is 72.3 Å². The lowest BCUT2D eigenvalue weighted by Crippen LogP contribution is -2.29. The van der Waals surface area contributed by atoms with Crippen molar-refractivity contribution in [1.29, 1.82) is 0 Å². The predicted molar refractivity (Wildman–Crippen MR) is 127 cm³/mol. The van der Waals surface area contributed by atoms with Crippen LogP contribution in [0.2, 0.25) is 0 Å². The normalized spacial score (nSPS) is 18.7. The van der Waals surface area contributed by atoms with Crippen molar-refractivity contribution in [2.24, 2.45) is 0 Å². The zero-order valence-electron chi connectivity index (χ0n) is 18.5. The molecule has 1 N–H and O–H groups in total. The fourth-order valence-corrected chi connectivity index (χ4v) is 4.28. The number of benzene rings is 1. The molecule has 0 radical (unpaired) electrons. The Labute approximate surface area is 188 Å². The van der Waals surface area contributed by atoms with E-state index >= 15 is 0 Å². The third kappa shape index (κ3) is 3.97. The van der Waals surface area contributed by atoms with Crippen LogP contribution < -0.4 is 19.7 Å². The summed E-state index contributed by atoms with van der Waals surface area (Å²) >= 11 is 5.82. The third-order valence-electron chi connectivity index (χ3n) is 5.58. The summed E-state index contributed by atoms with van der Waals surface area (Å²) in [6.45, 7) is 6.57. The summed E-state index contributed by atoms with van der Waals surface area (Å²) in [6.07, 6.45) is 6.13. The van der Waals surface area contributed by atoms with Gasteiger partial charge in [-0.05, 0) is 68.9 Å². The van der Waals surface area contributed by atoms with E-state index in [0.717, 1.165) is 22.7 Å². The number of nitrogens with zero attached hydrogens (tertiary/aromatic N) is 3. The van der Waals surface area contributed by atoms with Gasteiger partial charge in [-0.25, -0.2) is 0 Å². The molecular formula is C24H28N4O2S. The topological polar surface area (TPSA) is 51.5 Å². The Kier molecular flexibility index (Phi) is 5.62. The van der Waals surface area contributed by atoms with Crippen molar-refractivity contribution in [3.63, 3.8) is 0 Å². The van der Waals surface area contributed by atoms with E-state index in [1.807, 2.05) is 42.6 Å². The minimum atomic E-state index is -0.101. The SMILES string of the molecule is COc1ccc(N2C(=S)N[C@H](c3ccccn3)[C@H]2c2ccn(C(C)(C)C)c2)c(OC)c1.